The molecule has 5 aromatic rings. The number of nitrogens with zero attached hydrogens (tertiary/aromatic N) is 2. The van der Waals surface area contributed by atoms with Crippen molar-refractivity contribution in [3.05, 3.63) is 101 Å². The highest BCUT2D eigenvalue weighted by molar-refractivity contribution is 5.82. The number of rotatable bonds is 8. The Hall–Kier alpha value is -4.53. The monoisotopic (exact) mass is 559 g/mol. The second-order valence-electron chi connectivity index (χ2n) is 10.1. The second kappa shape index (κ2) is 10.8. The van der Waals surface area contributed by atoms with Crippen molar-refractivity contribution in [3.63, 3.8) is 0 Å². The minimum absolute atomic E-state index is 0.110. The molecular weight excluding hydrogens is 531 g/mol. The Morgan fingerprint density at radius 3 is 2.80 bits per heavy atom. The predicted octanol–water partition coefficient (Wildman–Crippen LogP) is 7.44. The fourth-order valence-corrected chi connectivity index (χ4v) is 5.54. The number of imidazole rings is 1. The Morgan fingerprint density at radius 2 is 1.98 bits per heavy atom. The minimum atomic E-state index is -0.806. The van der Waals surface area contributed by atoms with Crippen LogP contribution >= 0.6 is 0 Å². The average Bonchev–Trinajstić information content (AvgIpc) is 3.62. The minimum Gasteiger partial charge on any atom is -0.466 e. The molecule has 1 N–H and O–H groups in total. The van der Waals surface area contributed by atoms with Crippen LogP contribution in [0, 0.1) is 17.5 Å². The van der Waals surface area contributed by atoms with E-state index in [2.05, 4.69) is 14.5 Å². The third-order valence-electron chi connectivity index (χ3n) is 7.66. The first kappa shape index (κ1) is 26.7. The van der Waals surface area contributed by atoms with E-state index in [1.807, 2.05) is 13.0 Å². The topological polar surface area (TPSA) is 69.1 Å². The van der Waals surface area contributed by atoms with Gasteiger partial charge in [-0.3, -0.25) is 4.79 Å². The number of benzene rings is 3. The number of halogens is 3. The van der Waals surface area contributed by atoms with Crippen LogP contribution in [0.3, 0.4) is 0 Å². The SMILES string of the molecule is CCOC(=O)CCc1cccc([C@@H](C)c2cnc3n2CCc2ccc(Oc4c(F)cc5[nH]ccc5c4F)cc2-3)c1F. The lowest BCUT2D eigenvalue weighted by atomic mass is 9.93. The first-order valence-corrected chi connectivity index (χ1v) is 13.6. The Balaban J connectivity index is 1.29. The molecule has 3 aromatic carbocycles. The zero-order valence-corrected chi connectivity index (χ0v) is 22.6. The van der Waals surface area contributed by atoms with Gasteiger partial charge in [0.25, 0.3) is 0 Å². The van der Waals surface area contributed by atoms with E-state index >= 15 is 8.78 Å². The zero-order chi connectivity index (χ0) is 28.7. The molecule has 0 fully saturated rings. The summed E-state index contributed by atoms with van der Waals surface area (Å²) in [5.74, 6) is -2.09. The third kappa shape index (κ3) is 4.85. The number of carbonyl (C=O) groups excluding carboxylic acids is 1. The van der Waals surface area contributed by atoms with Crippen molar-refractivity contribution in [1.82, 2.24) is 14.5 Å². The van der Waals surface area contributed by atoms with Gasteiger partial charge >= 0.3 is 5.97 Å². The molecule has 0 radical (unpaired) electrons. The van der Waals surface area contributed by atoms with Gasteiger partial charge in [0.2, 0.25) is 0 Å². The number of hydrogen-bond acceptors (Lipinski definition) is 4. The van der Waals surface area contributed by atoms with Crippen LogP contribution < -0.4 is 4.74 Å². The van der Waals surface area contributed by atoms with E-state index < -0.39 is 17.4 Å². The summed E-state index contributed by atoms with van der Waals surface area (Å²) in [6.07, 6.45) is 4.36. The van der Waals surface area contributed by atoms with Gasteiger partial charge in [-0.25, -0.2) is 18.2 Å². The number of esters is 1. The molecular formula is C32H28F3N3O3. The lowest BCUT2D eigenvalue weighted by Crippen LogP contribution is -2.16. The summed E-state index contributed by atoms with van der Waals surface area (Å²) in [6, 6.07) is 13.3. The summed E-state index contributed by atoms with van der Waals surface area (Å²) in [6.45, 7) is 4.61. The number of fused-ring (bicyclic) bond motifs is 4. The maximum atomic E-state index is 15.6. The van der Waals surface area contributed by atoms with E-state index in [4.69, 9.17) is 9.47 Å². The summed E-state index contributed by atoms with van der Waals surface area (Å²) >= 11 is 0. The smallest absolute Gasteiger partial charge is 0.306 e. The van der Waals surface area contributed by atoms with Crippen molar-refractivity contribution >= 4 is 16.9 Å². The highest BCUT2D eigenvalue weighted by Crippen LogP contribution is 2.39. The lowest BCUT2D eigenvalue weighted by molar-refractivity contribution is -0.143. The van der Waals surface area contributed by atoms with E-state index in [0.717, 1.165) is 16.8 Å². The number of nitrogens with one attached hydrogen (secondary N) is 1. The Bertz CT molecular complexity index is 1780. The van der Waals surface area contributed by atoms with Crippen molar-refractivity contribution in [2.75, 3.05) is 6.61 Å². The standard InChI is InChI=1S/C32H28F3N3O3/c1-3-40-28(39)10-8-20-5-4-6-22(29(20)34)18(2)27-17-37-32-24-15-21(9-7-19(24)12-14-38(27)32)41-31-25(33)16-26-23(30(31)35)11-13-36-26/h4-7,9,11,13,15-18,36H,3,8,10,12,14H2,1-2H3/t18-/m1/s1. The molecule has 0 unspecified atom stereocenters. The summed E-state index contributed by atoms with van der Waals surface area (Å²) in [5, 5.41) is 0.241. The van der Waals surface area contributed by atoms with Gasteiger partial charge < -0.3 is 19.0 Å². The summed E-state index contributed by atoms with van der Waals surface area (Å²) in [4.78, 5) is 19.3. The normalized spacial score (nSPS) is 13.1. The van der Waals surface area contributed by atoms with Crippen molar-refractivity contribution in [2.45, 2.75) is 45.6 Å². The molecule has 41 heavy (non-hydrogen) atoms. The highest BCUT2D eigenvalue weighted by atomic mass is 19.1. The second-order valence-corrected chi connectivity index (χ2v) is 10.1. The van der Waals surface area contributed by atoms with Crippen molar-refractivity contribution in [3.8, 4) is 22.9 Å². The van der Waals surface area contributed by atoms with E-state index in [9.17, 15) is 9.18 Å². The number of aromatic amines is 1. The number of carbonyl (C=O) groups is 1. The van der Waals surface area contributed by atoms with Crippen LogP contribution in [0.25, 0.3) is 22.3 Å². The summed E-state index contributed by atoms with van der Waals surface area (Å²) < 4.78 is 58.0. The number of hydrogen-bond donors (Lipinski definition) is 1. The van der Waals surface area contributed by atoms with Crippen LogP contribution in [0.2, 0.25) is 0 Å². The maximum Gasteiger partial charge on any atom is 0.306 e. The Labute approximate surface area is 234 Å². The van der Waals surface area contributed by atoms with Gasteiger partial charge in [-0.05, 0) is 54.7 Å². The molecule has 0 spiro atoms. The van der Waals surface area contributed by atoms with Gasteiger partial charge in [-0.1, -0.05) is 31.2 Å². The number of aromatic nitrogens is 3. The fourth-order valence-electron chi connectivity index (χ4n) is 5.54. The largest absolute Gasteiger partial charge is 0.466 e. The van der Waals surface area contributed by atoms with Crippen LogP contribution in [0.4, 0.5) is 13.2 Å². The van der Waals surface area contributed by atoms with Crippen LogP contribution in [0.15, 0.2) is 60.9 Å². The van der Waals surface area contributed by atoms with Gasteiger partial charge in [0.05, 0.1) is 12.1 Å². The number of ether oxygens (including phenoxy) is 2. The summed E-state index contributed by atoms with van der Waals surface area (Å²) in [5.41, 5.74) is 3.99. The predicted molar refractivity (Wildman–Crippen MR) is 149 cm³/mol. The summed E-state index contributed by atoms with van der Waals surface area (Å²) in [7, 11) is 0. The van der Waals surface area contributed by atoms with Crippen molar-refractivity contribution in [2.24, 2.45) is 0 Å². The van der Waals surface area contributed by atoms with Gasteiger partial charge in [0.1, 0.15) is 17.4 Å². The molecule has 2 aromatic heterocycles. The van der Waals surface area contributed by atoms with Crippen LogP contribution in [-0.2, 0) is 28.9 Å². The molecule has 0 saturated heterocycles. The molecule has 210 valence electrons. The van der Waals surface area contributed by atoms with Crippen LogP contribution in [-0.4, -0.2) is 27.1 Å². The third-order valence-corrected chi connectivity index (χ3v) is 7.66. The maximum absolute atomic E-state index is 15.6. The van der Waals surface area contributed by atoms with E-state index in [1.54, 1.807) is 49.6 Å². The fraction of sp³-hybridized carbons (Fsp3) is 0.250. The lowest BCUT2D eigenvalue weighted by Gasteiger charge is -2.23. The molecule has 0 bridgehead atoms. The molecule has 6 nitrogen and oxygen atoms in total. The molecule has 0 amide bonds. The van der Waals surface area contributed by atoms with Gasteiger partial charge in [0, 0.05) is 54.0 Å². The molecule has 0 aliphatic carbocycles. The first-order valence-electron chi connectivity index (χ1n) is 13.6. The van der Waals surface area contributed by atoms with Crippen LogP contribution in [0.5, 0.6) is 11.5 Å². The molecule has 0 saturated carbocycles. The number of aryl methyl sites for hydroxylation is 2. The van der Waals surface area contributed by atoms with Gasteiger partial charge in [0.15, 0.2) is 17.4 Å². The zero-order valence-electron chi connectivity index (χ0n) is 22.6. The molecule has 6 rings (SSSR count). The molecule has 1 aliphatic heterocycles. The molecule has 1 atom stereocenters. The van der Waals surface area contributed by atoms with Crippen LogP contribution in [0.1, 0.15) is 48.6 Å². The van der Waals surface area contributed by atoms with E-state index in [0.29, 0.717) is 42.0 Å². The Morgan fingerprint density at radius 1 is 1.12 bits per heavy atom. The molecule has 3 heterocycles. The van der Waals surface area contributed by atoms with Gasteiger partial charge in [-0.2, -0.15) is 0 Å². The van der Waals surface area contributed by atoms with Crippen molar-refractivity contribution < 1.29 is 27.4 Å². The van der Waals surface area contributed by atoms with Gasteiger partial charge in [-0.15, -0.1) is 0 Å². The molecule has 1 aliphatic rings. The Kier molecular flexibility index (Phi) is 7.03. The first-order chi connectivity index (χ1) is 19.9. The average molecular weight is 560 g/mol. The quantitative estimate of drug-likeness (QED) is 0.201. The van der Waals surface area contributed by atoms with E-state index in [-0.39, 0.29) is 41.7 Å². The van der Waals surface area contributed by atoms with Crippen molar-refractivity contribution in [1.29, 1.82) is 0 Å². The molecule has 9 heteroatoms. The van der Waals surface area contributed by atoms with E-state index in [1.165, 1.54) is 12.1 Å². The number of H-pyrrole nitrogens is 1. The highest BCUT2D eigenvalue weighted by Gasteiger charge is 2.26.